The molecule has 2 nitrogen and oxygen atoms in total. The number of aryl methyl sites for hydroxylation is 1. The molecule has 0 aliphatic heterocycles. The number of hydrogen-bond donors (Lipinski definition) is 0. The molecule has 0 fully saturated rings. The lowest BCUT2D eigenvalue weighted by Gasteiger charge is -1.99. The van der Waals surface area contributed by atoms with Gasteiger partial charge in [-0.15, -0.1) is 0 Å². The van der Waals surface area contributed by atoms with Gasteiger partial charge in [0.05, 0.1) is 5.33 Å². The molecule has 0 saturated carbocycles. The molecule has 1 heterocycles. The third-order valence-corrected chi connectivity index (χ3v) is 2.26. The second-order valence-electron chi connectivity index (χ2n) is 2.49. The molecule has 12 heavy (non-hydrogen) atoms. The van der Waals surface area contributed by atoms with Crippen LogP contribution in [0.4, 0.5) is 0 Å². The predicted octanol–water partition coefficient (Wildman–Crippen LogP) is 1.64. The molecule has 0 aromatic carbocycles. The predicted molar refractivity (Wildman–Crippen MR) is 50.5 cm³/mol. The van der Waals surface area contributed by atoms with Gasteiger partial charge in [-0.25, -0.2) is 4.98 Å². The van der Waals surface area contributed by atoms with E-state index in [1.54, 1.807) is 6.20 Å². The van der Waals surface area contributed by atoms with Crippen LogP contribution in [0.15, 0.2) is 18.5 Å². The number of aromatic nitrogens is 1. The number of pyridine rings is 1. The molecule has 0 amide bonds. The Bertz CT molecular complexity index is 286. The minimum absolute atomic E-state index is 0.140. The summed E-state index contributed by atoms with van der Waals surface area (Å²) in [6, 6.07) is 1.82. The number of nitrogens with one attached hydrogen (secondary N) is 1. The van der Waals surface area contributed by atoms with Crippen molar-refractivity contribution in [2.45, 2.75) is 13.3 Å². The Morgan fingerprint density at radius 2 is 2.42 bits per heavy atom. The lowest BCUT2D eigenvalue weighted by atomic mass is 10.1. The molecule has 1 rings (SSSR count). The molecular weight excluding hydrogens is 218 g/mol. The number of ketones is 1. The lowest BCUT2D eigenvalue weighted by molar-refractivity contribution is -0.378. The average molecular weight is 229 g/mol. The molecule has 0 aliphatic rings. The largest absolute Gasteiger partial charge is 0.293 e. The van der Waals surface area contributed by atoms with Crippen molar-refractivity contribution in [1.82, 2.24) is 0 Å². The monoisotopic (exact) mass is 228 g/mol. The van der Waals surface area contributed by atoms with Crippen molar-refractivity contribution < 1.29 is 9.78 Å². The van der Waals surface area contributed by atoms with Gasteiger partial charge in [0.1, 0.15) is 0 Å². The highest BCUT2D eigenvalue weighted by Crippen LogP contribution is 2.08. The normalized spacial score (nSPS) is 9.83. The van der Waals surface area contributed by atoms with Crippen molar-refractivity contribution in [3.05, 3.63) is 29.6 Å². The summed E-state index contributed by atoms with van der Waals surface area (Å²) in [7, 11) is 0. The Kier molecular flexibility index (Phi) is 3.41. The molecule has 1 aromatic rings. The number of aromatic amines is 1. The second-order valence-corrected chi connectivity index (χ2v) is 3.05. The van der Waals surface area contributed by atoms with Crippen LogP contribution in [-0.2, 0) is 6.42 Å². The SMILES string of the molecule is CCc1c[nH+]ccc1C(=O)CBr. The van der Waals surface area contributed by atoms with Crippen LogP contribution in [0.25, 0.3) is 0 Å². The van der Waals surface area contributed by atoms with Gasteiger partial charge >= 0.3 is 0 Å². The molecule has 0 atom stereocenters. The Hall–Kier alpha value is -0.700. The highest BCUT2D eigenvalue weighted by Gasteiger charge is 2.09. The summed E-state index contributed by atoms with van der Waals surface area (Å²) in [5, 5.41) is 0.393. The van der Waals surface area contributed by atoms with Crippen molar-refractivity contribution >= 4 is 21.7 Å². The van der Waals surface area contributed by atoms with Gasteiger partial charge in [0.2, 0.25) is 0 Å². The highest BCUT2D eigenvalue weighted by molar-refractivity contribution is 9.09. The maximum Gasteiger partial charge on any atom is 0.174 e. The summed E-state index contributed by atoms with van der Waals surface area (Å²) in [5.41, 5.74) is 1.88. The van der Waals surface area contributed by atoms with Crippen molar-refractivity contribution in [3.8, 4) is 0 Å². The number of carbonyl (C=O) groups is 1. The molecule has 0 aliphatic carbocycles. The maximum atomic E-state index is 11.3. The van der Waals surface area contributed by atoms with Gasteiger partial charge in [0.15, 0.2) is 18.2 Å². The van der Waals surface area contributed by atoms with E-state index in [4.69, 9.17) is 0 Å². The number of rotatable bonds is 3. The van der Waals surface area contributed by atoms with E-state index in [1.165, 1.54) is 0 Å². The molecule has 0 bridgehead atoms. The van der Waals surface area contributed by atoms with Crippen LogP contribution in [0.5, 0.6) is 0 Å². The number of halogens is 1. The topological polar surface area (TPSA) is 31.2 Å². The van der Waals surface area contributed by atoms with Crippen molar-refractivity contribution in [2.75, 3.05) is 5.33 Å². The van der Waals surface area contributed by atoms with E-state index < -0.39 is 0 Å². The minimum Gasteiger partial charge on any atom is -0.293 e. The first-order valence-electron chi connectivity index (χ1n) is 3.87. The first kappa shape index (κ1) is 9.39. The van der Waals surface area contributed by atoms with Crippen LogP contribution in [0.1, 0.15) is 22.8 Å². The Morgan fingerprint density at radius 1 is 1.67 bits per heavy atom. The summed E-state index contributed by atoms with van der Waals surface area (Å²) in [4.78, 5) is 14.3. The summed E-state index contributed by atoms with van der Waals surface area (Å²) in [5.74, 6) is 0.140. The van der Waals surface area contributed by atoms with E-state index in [0.29, 0.717) is 5.33 Å². The Labute approximate surface area is 80.1 Å². The van der Waals surface area contributed by atoms with Gasteiger partial charge in [-0.2, -0.15) is 0 Å². The van der Waals surface area contributed by atoms with Crippen LogP contribution >= 0.6 is 15.9 Å². The van der Waals surface area contributed by atoms with E-state index in [-0.39, 0.29) is 5.78 Å². The average Bonchev–Trinajstić information content (AvgIpc) is 2.16. The summed E-state index contributed by atoms with van der Waals surface area (Å²) < 4.78 is 0. The fourth-order valence-electron chi connectivity index (χ4n) is 1.10. The van der Waals surface area contributed by atoms with Crippen LogP contribution in [0.3, 0.4) is 0 Å². The number of Topliss-reactive ketones (excluding diaryl/α,β-unsaturated/α-hetero) is 1. The zero-order valence-electron chi connectivity index (χ0n) is 6.93. The van der Waals surface area contributed by atoms with Crippen molar-refractivity contribution in [1.29, 1.82) is 0 Å². The van der Waals surface area contributed by atoms with Gasteiger partial charge in [-0.3, -0.25) is 4.79 Å². The van der Waals surface area contributed by atoms with E-state index in [2.05, 4.69) is 20.9 Å². The summed E-state index contributed by atoms with van der Waals surface area (Å²) >= 11 is 3.16. The number of H-pyrrole nitrogens is 1. The third kappa shape index (κ3) is 1.91. The van der Waals surface area contributed by atoms with Gasteiger partial charge in [-0.1, -0.05) is 22.9 Å². The molecule has 0 saturated heterocycles. The number of hydrogen-bond acceptors (Lipinski definition) is 1. The van der Waals surface area contributed by atoms with Gasteiger partial charge in [0, 0.05) is 17.2 Å². The standard InChI is InChI=1S/C9H10BrNO/c1-2-7-6-11-4-3-8(7)9(12)5-10/h3-4,6H,2,5H2,1H3/p+1. The molecule has 1 N–H and O–H groups in total. The fraction of sp³-hybridized carbons (Fsp3) is 0.333. The Morgan fingerprint density at radius 3 is 3.00 bits per heavy atom. The maximum absolute atomic E-state index is 11.3. The zero-order chi connectivity index (χ0) is 8.97. The van der Waals surface area contributed by atoms with Crippen molar-refractivity contribution in [2.24, 2.45) is 0 Å². The van der Waals surface area contributed by atoms with Crippen molar-refractivity contribution in [3.63, 3.8) is 0 Å². The van der Waals surface area contributed by atoms with E-state index >= 15 is 0 Å². The Balaban J connectivity index is 3.04. The van der Waals surface area contributed by atoms with Gasteiger partial charge < -0.3 is 0 Å². The first-order chi connectivity index (χ1) is 5.79. The quantitative estimate of drug-likeness (QED) is 0.572. The number of carbonyl (C=O) groups excluding carboxylic acids is 1. The molecular formula is C9H11BrNO+. The lowest BCUT2D eigenvalue weighted by Crippen LogP contribution is -2.10. The van der Waals surface area contributed by atoms with E-state index in [9.17, 15) is 4.79 Å². The molecule has 0 spiro atoms. The smallest absolute Gasteiger partial charge is 0.174 e. The highest BCUT2D eigenvalue weighted by atomic mass is 79.9. The molecule has 1 aromatic heterocycles. The van der Waals surface area contributed by atoms with Crippen LogP contribution in [0, 0.1) is 0 Å². The molecule has 0 unspecified atom stereocenters. The van der Waals surface area contributed by atoms with Crippen LogP contribution in [-0.4, -0.2) is 11.1 Å². The molecule has 3 heteroatoms. The zero-order valence-corrected chi connectivity index (χ0v) is 8.52. The second kappa shape index (κ2) is 4.36. The molecule has 0 radical (unpaired) electrons. The van der Waals surface area contributed by atoms with Gasteiger partial charge in [0.25, 0.3) is 0 Å². The van der Waals surface area contributed by atoms with Gasteiger partial charge in [-0.05, 0) is 6.42 Å². The molecule has 64 valence electrons. The number of alkyl halides is 1. The van der Waals surface area contributed by atoms with Crippen LogP contribution in [0.2, 0.25) is 0 Å². The van der Waals surface area contributed by atoms with E-state index in [1.807, 2.05) is 19.2 Å². The summed E-state index contributed by atoms with van der Waals surface area (Å²) in [6.45, 7) is 2.04. The third-order valence-electron chi connectivity index (χ3n) is 1.75. The first-order valence-corrected chi connectivity index (χ1v) is 5.00. The van der Waals surface area contributed by atoms with E-state index in [0.717, 1.165) is 17.5 Å². The van der Waals surface area contributed by atoms with Crippen LogP contribution < -0.4 is 4.98 Å². The minimum atomic E-state index is 0.140. The summed E-state index contributed by atoms with van der Waals surface area (Å²) in [6.07, 6.45) is 4.52. The fourth-order valence-corrected chi connectivity index (χ4v) is 1.40.